The van der Waals surface area contributed by atoms with Gasteiger partial charge in [-0.15, -0.1) is 0 Å². The summed E-state index contributed by atoms with van der Waals surface area (Å²) in [5, 5.41) is 12.2. The lowest BCUT2D eigenvalue weighted by Crippen LogP contribution is -2.35. The first kappa shape index (κ1) is 15.4. The van der Waals surface area contributed by atoms with Gasteiger partial charge in [0, 0.05) is 26.6 Å². The first-order chi connectivity index (χ1) is 9.90. The molecule has 5 nitrogen and oxygen atoms in total. The minimum atomic E-state index is -1.48. The Morgan fingerprint density at radius 2 is 2.10 bits per heavy atom. The largest absolute Gasteiger partial charge is 0.386 e. The number of aliphatic hydroxyl groups excluding tert-OH is 1. The number of nitrogens with one attached hydrogen (secondary N) is 1. The number of carbonyl (C=O) groups is 2. The Bertz CT molecular complexity index is 545. The summed E-state index contributed by atoms with van der Waals surface area (Å²) in [4.78, 5) is 24.6. The lowest BCUT2D eigenvalue weighted by Gasteiger charge is -2.15. The van der Waals surface area contributed by atoms with E-state index >= 15 is 0 Å². The van der Waals surface area contributed by atoms with Gasteiger partial charge < -0.3 is 15.3 Å². The zero-order valence-corrected chi connectivity index (χ0v) is 11.5. The second kappa shape index (κ2) is 6.17. The summed E-state index contributed by atoms with van der Waals surface area (Å²) in [5.41, 5.74) is -0.475. The minimum absolute atomic E-state index is 0.104. The molecule has 1 aliphatic heterocycles. The molecule has 1 aromatic carbocycles. The Hall–Kier alpha value is -2.02. The van der Waals surface area contributed by atoms with Gasteiger partial charge >= 0.3 is 0 Å². The van der Waals surface area contributed by atoms with Gasteiger partial charge in [0.05, 0.1) is 11.5 Å². The molecule has 114 valence electrons. The van der Waals surface area contributed by atoms with Crippen molar-refractivity contribution in [3.8, 4) is 0 Å². The SMILES string of the molecule is CN1CC(C(=O)NCC(O)c2c(F)cccc2F)CC1=O. The predicted molar refractivity (Wildman–Crippen MR) is 70.1 cm³/mol. The molecule has 1 fully saturated rings. The molecule has 0 aromatic heterocycles. The van der Waals surface area contributed by atoms with Crippen molar-refractivity contribution < 1.29 is 23.5 Å². The Kier molecular flexibility index (Phi) is 4.52. The van der Waals surface area contributed by atoms with Crippen LogP contribution in [0, 0.1) is 17.6 Å². The van der Waals surface area contributed by atoms with E-state index in [1.807, 2.05) is 0 Å². The number of hydrogen-bond donors (Lipinski definition) is 2. The van der Waals surface area contributed by atoms with Gasteiger partial charge in [-0.1, -0.05) is 6.07 Å². The van der Waals surface area contributed by atoms with Crippen molar-refractivity contribution in [2.24, 2.45) is 5.92 Å². The Balaban J connectivity index is 1.94. The first-order valence-electron chi connectivity index (χ1n) is 6.53. The highest BCUT2D eigenvalue weighted by atomic mass is 19.1. The monoisotopic (exact) mass is 298 g/mol. The maximum atomic E-state index is 13.5. The van der Waals surface area contributed by atoms with E-state index in [1.54, 1.807) is 7.05 Å². The molecule has 7 heteroatoms. The van der Waals surface area contributed by atoms with Crippen molar-refractivity contribution in [3.63, 3.8) is 0 Å². The molecule has 1 aliphatic rings. The van der Waals surface area contributed by atoms with Gasteiger partial charge in [0.2, 0.25) is 11.8 Å². The Morgan fingerprint density at radius 1 is 1.48 bits per heavy atom. The summed E-state index contributed by atoms with van der Waals surface area (Å²) in [5.74, 6) is -2.78. The van der Waals surface area contributed by atoms with Gasteiger partial charge in [-0.2, -0.15) is 0 Å². The van der Waals surface area contributed by atoms with E-state index in [9.17, 15) is 23.5 Å². The van der Waals surface area contributed by atoms with Crippen LogP contribution in [0.15, 0.2) is 18.2 Å². The van der Waals surface area contributed by atoms with Gasteiger partial charge in [0.1, 0.15) is 17.7 Å². The number of benzene rings is 1. The molecule has 2 amide bonds. The van der Waals surface area contributed by atoms with Crippen molar-refractivity contribution >= 4 is 11.8 Å². The summed E-state index contributed by atoms with van der Waals surface area (Å²) < 4.78 is 26.9. The third kappa shape index (κ3) is 3.36. The first-order valence-corrected chi connectivity index (χ1v) is 6.53. The third-order valence-electron chi connectivity index (χ3n) is 3.51. The fraction of sp³-hybridized carbons (Fsp3) is 0.429. The lowest BCUT2D eigenvalue weighted by atomic mass is 10.1. The molecule has 0 radical (unpaired) electrons. The number of likely N-dealkylation sites (tertiary alicyclic amines) is 1. The van der Waals surface area contributed by atoms with Crippen molar-refractivity contribution in [2.45, 2.75) is 12.5 Å². The highest BCUT2D eigenvalue weighted by Crippen LogP contribution is 2.21. The molecule has 1 saturated heterocycles. The molecule has 2 atom stereocenters. The van der Waals surface area contributed by atoms with E-state index in [2.05, 4.69) is 5.32 Å². The van der Waals surface area contributed by atoms with Gasteiger partial charge in [0.15, 0.2) is 0 Å². The summed E-state index contributed by atoms with van der Waals surface area (Å²) in [6, 6.07) is 3.27. The molecule has 0 saturated carbocycles. The van der Waals surface area contributed by atoms with Crippen LogP contribution in [-0.4, -0.2) is 42.0 Å². The Labute approximate surface area is 120 Å². The average molecular weight is 298 g/mol. The third-order valence-corrected chi connectivity index (χ3v) is 3.51. The van der Waals surface area contributed by atoms with Crippen LogP contribution < -0.4 is 5.32 Å². The van der Waals surface area contributed by atoms with E-state index in [0.717, 1.165) is 12.1 Å². The minimum Gasteiger partial charge on any atom is -0.386 e. The standard InChI is InChI=1S/C14H16F2N2O3/c1-18-7-8(5-12(18)20)14(21)17-6-11(19)13-9(15)3-2-4-10(13)16/h2-4,8,11,19H,5-7H2,1H3,(H,17,21). The molecule has 1 heterocycles. The normalized spacial score (nSPS) is 19.7. The number of rotatable bonds is 4. The van der Waals surface area contributed by atoms with E-state index in [-0.39, 0.29) is 18.9 Å². The molecule has 1 aromatic rings. The molecule has 2 rings (SSSR count). The van der Waals surface area contributed by atoms with Crippen molar-refractivity contribution in [1.82, 2.24) is 10.2 Å². The van der Waals surface area contributed by atoms with Crippen LogP contribution in [0.3, 0.4) is 0 Å². The van der Waals surface area contributed by atoms with Crippen molar-refractivity contribution in [2.75, 3.05) is 20.1 Å². The highest BCUT2D eigenvalue weighted by Gasteiger charge is 2.32. The fourth-order valence-electron chi connectivity index (χ4n) is 2.31. The van der Waals surface area contributed by atoms with Crippen LogP contribution >= 0.6 is 0 Å². The van der Waals surface area contributed by atoms with E-state index in [0.29, 0.717) is 6.54 Å². The summed E-state index contributed by atoms with van der Waals surface area (Å²) in [6.45, 7) is -0.0140. The molecule has 0 aliphatic carbocycles. The number of halogens is 2. The Morgan fingerprint density at radius 3 is 2.62 bits per heavy atom. The second-order valence-electron chi connectivity index (χ2n) is 5.07. The van der Waals surface area contributed by atoms with E-state index in [1.165, 1.54) is 11.0 Å². The van der Waals surface area contributed by atoms with Gasteiger partial charge in [-0.25, -0.2) is 8.78 Å². The number of amides is 2. The van der Waals surface area contributed by atoms with Gasteiger partial charge in [-0.05, 0) is 12.1 Å². The predicted octanol–water partition coefficient (Wildman–Crippen LogP) is 0.593. The number of nitrogens with zero attached hydrogens (tertiary/aromatic N) is 1. The van der Waals surface area contributed by atoms with E-state index in [4.69, 9.17) is 0 Å². The lowest BCUT2D eigenvalue weighted by molar-refractivity contribution is -0.128. The summed E-state index contributed by atoms with van der Waals surface area (Å²) in [7, 11) is 1.60. The summed E-state index contributed by atoms with van der Waals surface area (Å²) >= 11 is 0. The van der Waals surface area contributed by atoms with Crippen LogP contribution in [0.2, 0.25) is 0 Å². The smallest absolute Gasteiger partial charge is 0.225 e. The zero-order chi connectivity index (χ0) is 15.6. The molecular formula is C14H16F2N2O3. The number of aliphatic hydroxyl groups is 1. The maximum Gasteiger partial charge on any atom is 0.225 e. The zero-order valence-electron chi connectivity index (χ0n) is 11.5. The fourth-order valence-corrected chi connectivity index (χ4v) is 2.31. The summed E-state index contributed by atoms with van der Waals surface area (Å²) in [6.07, 6.45) is -1.38. The highest BCUT2D eigenvalue weighted by molar-refractivity contribution is 5.89. The molecule has 0 spiro atoms. The molecule has 0 bridgehead atoms. The molecule has 2 unspecified atom stereocenters. The van der Waals surface area contributed by atoms with Gasteiger partial charge in [-0.3, -0.25) is 9.59 Å². The van der Waals surface area contributed by atoms with Crippen LogP contribution in [-0.2, 0) is 9.59 Å². The van der Waals surface area contributed by atoms with Crippen LogP contribution in [0.25, 0.3) is 0 Å². The number of carbonyl (C=O) groups excluding carboxylic acids is 2. The number of hydrogen-bond acceptors (Lipinski definition) is 3. The molecular weight excluding hydrogens is 282 g/mol. The quantitative estimate of drug-likeness (QED) is 0.855. The molecule has 21 heavy (non-hydrogen) atoms. The van der Waals surface area contributed by atoms with Crippen LogP contribution in [0.4, 0.5) is 8.78 Å². The van der Waals surface area contributed by atoms with Crippen molar-refractivity contribution in [3.05, 3.63) is 35.4 Å². The maximum absolute atomic E-state index is 13.5. The average Bonchev–Trinajstić information content (AvgIpc) is 2.76. The van der Waals surface area contributed by atoms with E-state index < -0.39 is 35.1 Å². The molecule has 2 N–H and O–H groups in total. The topological polar surface area (TPSA) is 69.6 Å². The van der Waals surface area contributed by atoms with Gasteiger partial charge in [0.25, 0.3) is 0 Å². The van der Waals surface area contributed by atoms with Crippen LogP contribution in [0.1, 0.15) is 18.1 Å². The van der Waals surface area contributed by atoms with Crippen LogP contribution in [0.5, 0.6) is 0 Å². The van der Waals surface area contributed by atoms with Crippen molar-refractivity contribution in [1.29, 1.82) is 0 Å². The second-order valence-corrected chi connectivity index (χ2v) is 5.07.